The SMILES string of the molecule is CC(NC(=O)OC(C)(C)C)C(=O)Nc1cccc(C(F)(F)F)c1. The molecule has 2 amide bonds. The number of alkyl halides is 3. The molecule has 0 aliphatic heterocycles. The Balaban J connectivity index is 2.67. The molecule has 0 heterocycles. The van der Waals surface area contributed by atoms with Crippen molar-refractivity contribution in [2.45, 2.75) is 45.5 Å². The molecule has 0 saturated carbocycles. The van der Waals surface area contributed by atoms with Crippen molar-refractivity contribution in [3.8, 4) is 0 Å². The summed E-state index contributed by atoms with van der Waals surface area (Å²) >= 11 is 0. The fourth-order valence-corrected chi connectivity index (χ4v) is 1.57. The van der Waals surface area contributed by atoms with Gasteiger partial charge in [0.25, 0.3) is 0 Å². The number of amides is 2. The zero-order valence-electron chi connectivity index (χ0n) is 13.2. The van der Waals surface area contributed by atoms with Gasteiger partial charge in [-0.05, 0) is 45.9 Å². The van der Waals surface area contributed by atoms with Crippen LogP contribution in [-0.4, -0.2) is 23.6 Å². The van der Waals surface area contributed by atoms with Gasteiger partial charge >= 0.3 is 12.3 Å². The number of hydrogen-bond donors (Lipinski definition) is 2. The molecule has 0 fully saturated rings. The molecule has 0 spiro atoms. The first-order valence-electron chi connectivity index (χ1n) is 6.86. The molecule has 0 bridgehead atoms. The third kappa shape index (κ3) is 6.58. The van der Waals surface area contributed by atoms with Gasteiger partial charge < -0.3 is 15.4 Å². The minimum atomic E-state index is -4.50. The number of alkyl carbamates (subject to hydrolysis) is 1. The predicted molar refractivity (Wildman–Crippen MR) is 78.9 cm³/mol. The van der Waals surface area contributed by atoms with E-state index >= 15 is 0 Å². The third-order valence-corrected chi connectivity index (χ3v) is 2.58. The van der Waals surface area contributed by atoms with E-state index in [1.165, 1.54) is 19.1 Å². The fraction of sp³-hybridized carbons (Fsp3) is 0.467. The van der Waals surface area contributed by atoms with E-state index in [9.17, 15) is 22.8 Å². The second-order valence-corrected chi connectivity index (χ2v) is 5.94. The van der Waals surface area contributed by atoms with E-state index in [-0.39, 0.29) is 5.69 Å². The summed E-state index contributed by atoms with van der Waals surface area (Å²) in [5.41, 5.74) is -1.60. The maximum atomic E-state index is 12.6. The summed E-state index contributed by atoms with van der Waals surface area (Å²) in [7, 11) is 0. The Morgan fingerprint density at radius 2 is 1.78 bits per heavy atom. The molecular formula is C15H19F3N2O3. The maximum Gasteiger partial charge on any atom is 0.416 e. The van der Waals surface area contributed by atoms with Crippen molar-refractivity contribution in [1.82, 2.24) is 5.32 Å². The Morgan fingerprint density at radius 3 is 2.30 bits per heavy atom. The van der Waals surface area contributed by atoms with Crippen molar-refractivity contribution in [3.05, 3.63) is 29.8 Å². The normalized spacial score (nSPS) is 13.2. The molecule has 5 nitrogen and oxygen atoms in total. The first-order valence-corrected chi connectivity index (χ1v) is 6.86. The Kier molecular flexibility index (Phi) is 5.63. The molecule has 0 aliphatic rings. The van der Waals surface area contributed by atoms with Gasteiger partial charge in [0.2, 0.25) is 5.91 Å². The van der Waals surface area contributed by atoms with Crippen molar-refractivity contribution in [1.29, 1.82) is 0 Å². The van der Waals surface area contributed by atoms with E-state index in [1.807, 2.05) is 0 Å². The van der Waals surface area contributed by atoms with Gasteiger partial charge in [-0.25, -0.2) is 4.79 Å². The van der Waals surface area contributed by atoms with Gasteiger partial charge in [0, 0.05) is 5.69 Å². The fourth-order valence-electron chi connectivity index (χ4n) is 1.57. The van der Waals surface area contributed by atoms with E-state index < -0.39 is 35.4 Å². The number of carbonyl (C=O) groups excluding carboxylic acids is 2. The molecule has 1 aromatic rings. The first-order chi connectivity index (χ1) is 10.4. The number of anilines is 1. The summed E-state index contributed by atoms with van der Waals surface area (Å²) in [6.07, 6.45) is -5.29. The van der Waals surface area contributed by atoms with E-state index in [4.69, 9.17) is 4.74 Å². The Bertz CT molecular complexity index is 580. The first kappa shape index (κ1) is 18.8. The highest BCUT2D eigenvalue weighted by molar-refractivity contribution is 5.96. The molecule has 0 radical (unpaired) electrons. The molecule has 0 saturated heterocycles. The molecule has 1 rings (SSSR count). The topological polar surface area (TPSA) is 67.4 Å². The quantitative estimate of drug-likeness (QED) is 0.889. The van der Waals surface area contributed by atoms with Crippen molar-refractivity contribution in [3.63, 3.8) is 0 Å². The number of ether oxygens (including phenoxy) is 1. The predicted octanol–water partition coefficient (Wildman–Crippen LogP) is 3.56. The van der Waals surface area contributed by atoms with Crippen LogP contribution in [0.4, 0.5) is 23.7 Å². The second kappa shape index (κ2) is 6.89. The van der Waals surface area contributed by atoms with Crippen molar-refractivity contribution >= 4 is 17.7 Å². The molecule has 128 valence electrons. The van der Waals surface area contributed by atoms with Crippen LogP contribution in [0.25, 0.3) is 0 Å². The Labute approximate surface area is 132 Å². The van der Waals surface area contributed by atoms with E-state index in [0.717, 1.165) is 12.1 Å². The lowest BCUT2D eigenvalue weighted by atomic mass is 10.2. The van der Waals surface area contributed by atoms with Crippen molar-refractivity contribution in [2.75, 3.05) is 5.32 Å². The van der Waals surface area contributed by atoms with Gasteiger partial charge in [0.1, 0.15) is 11.6 Å². The lowest BCUT2D eigenvalue weighted by Crippen LogP contribution is -2.44. The van der Waals surface area contributed by atoms with Crippen LogP contribution in [0, 0.1) is 0 Å². The summed E-state index contributed by atoms with van der Waals surface area (Å²) in [5, 5.41) is 4.62. The van der Waals surface area contributed by atoms with Crippen LogP contribution in [0.1, 0.15) is 33.3 Å². The zero-order chi connectivity index (χ0) is 17.8. The third-order valence-electron chi connectivity index (χ3n) is 2.58. The Morgan fingerprint density at radius 1 is 1.17 bits per heavy atom. The van der Waals surface area contributed by atoms with Gasteiger partial charge in [-0.3, -0.25) is 4.79 Å². The van der Waals surface area contributed by atoms with E-state index in [2.05, 4.69) is 10.6 Å². The van der Waals surface area contributed by atoms with E-state index in [1.54, 1.807) is 20.8 Å². The smallest absolute Gasteiger partial charge is 0.416 e. The average molecular weight is 332 g/mol. The minimum Gasteiger partial charge on any atom is -0.444 e. The van der Waals surface area contributed by atoms with Crippen LogP contribution < -0.4 is 10.6 Å². The molecule has 1 aromatic carbocycles. The highest BCUT2D eigenvalue weighted by Gasteiger charge is 2.30. The summed E-state index contributed by atoms with van der Waals surface area (Å²) in [6.45, 7) is 6.40. The largest absolute Gasteiger partial charge is 0.444 e. The number of nitrogens with one attached hydrogen (secondary N) is 2. The Hall–Kier alpha value is -2.25. The molecule has 23 heavy (non-hydrogen) atoms. The van der Waals surface area contributed by atoms with Gasteiger partial charge in [-0.2, -0.15) is 13.2 Å². The number of rotatable bonds is 3. The number of halogens is 3. The number of benzene rings is 1. The molecule has 2 N–H and O–H groups in total. The summed E-state index contributed by atoms with van der Waals surface area (Å²) in [5.74, 6) is -0.657. The minimum absolute atomic E-state index is 0.0114. The lowest BCUT2D eigenvalue weighted by Gasteiger charge is -2.21. The molecule has 0 aromatic heterocycles. The van der Waals surface area contributed by atoms with Crippen molar-refractivity contribution < 1.29 is 27.5 Å². The number of hydrogen-bond acceptors (Lipinski definition) is 3. The molecule has 1 atom stereocenters. The molecule has 0 aliphatic carbocycles. The maximum absolute atomic E-state index is 12.6. The molecular weight excluding hydrogens is 313 g/mol. The van der Waals surface area contributed by atoms with Crippen LogP contribution in [0.5, 0.6) is 0 Å². The zero-order valence-corrected chi connectivity index (χ0v) is 13.2. The van der Waals surface area contributed by atoms with Crippen LogP contribution in [0.3, 0.4) is 0 Å². The van der Waals surface area contributed by atoms with Gasteiger partial charge in [0.05, 0.1) is 5.56 Å². The standard InChI is InChI=1S/C15H19F3N2O3/c1-9(19-13(22)23-14(2,3)4)12(21)20-11-7-5-6-10(8-11)15(16,17)18/h5-9H,1-4H3,(H,19,22)(H,20,21). The van der Waals surface area contributed by atoms with E-state index in [0.29, 0.717) is 0 Å². The van der Waals surface area contributed by atoms with Crippen LogP contribution in [0.15, 0.2) is 24.3 Å². The summed E-state index contributed by atoms with van der Waals surface area (Å²) in [4.78, 5) is 23.5. The monoisotopic (exact) mass is 332 g/mol. The van der Waals surface area contributed by atoms with Crippen LogP contribution in [0.2, 0.25) is 0 Å². The number of carbonyl (C=O) groups is 2. The van der Waals surface area contributed by atoms with Gasteiger partial charge in [0.15, 0.2) is 0 Å². The van der Waals surface area contributed by atoms with Crippen molar-refractivity contribution in [2.24, 2.45) is 0 Å². The second-order valence-electron chi connectivity index (χ2n) is 5.94. The lowest BCUT2D eigenvalue weighted by molar-refractivity contribution is -0.137. The van der Waals surface area contributed by atoms with Gasteiger partial charge in [-0.1, -0.05) is 6.07 Å². The average Bonchev–Trinajstić information content (AvgIpc) is 2.35. The highest BCUT2D eigenvalue weighted by atomic mass is 19.4. The van der Waals surface area contributed by atoms with Gasteiger partial charge in [-0.15, -0.1) is 0 Å². The summed E-state index contributed by atoms with van der Waals surface area (Å²) in [6, 6.07) is 3.26. The van der Waals surface area contributed by atoms with Crippen LogP contribution >= 0.6 is 0 Å². The summed E-state index contributed by atoms with van der Waals surface area (Å²) < 4.78 is 42.8. The molecule has 1 unspecified atom stereocenters. The highest BCUT2D eigenvalue weighted by Crippen LogP contribution is 2.30. The molecule has 8 heteroatoms. The van der Waals surface area contributed by atoms with Crippen LogP contribution in [-0.2, 0) is 15.7 Å².